The first-order chi connectivity index (χ1) is 17.8. The molecule has 0 spiro atoms. The number of esters is 1. The third-order valence-electron chi connectivity index (χ3n) is 6.39. The van der Waals surface area contributed by atoms with Gasteiger partial charge in [0.2, 0.25) is 0 Å². The number of hydrogen-bond acceptors (Lipinski definition) is 5. The largest absolute Gasteiger partial charge is 0.487 e. The van der Waals surface area contributed by atoms with Crippen molar-refractivity contribution in [3.63, 3.8) is 0 Å². The molecule has 1 aliphatic carbocycles. The maximum atomic E-state index is 13.7. The van der Waals surface area contributed by atoms with Gasteiger partial charge in [-0.15, -0.1) is 0 Å². The van der Waals surface area contributed by atoms with Crippen LogP contribution < -0.4 is 10.1 Å². The molecule has 0 fully saturated rings. The molecule has 188 valence electrons. The minimum absolute atomic E-state index is 0.0783. The van der Waals surface area contributed by atoms with Crippen LogP contribution in [0.1, 0.15) is 46.8 Å². The second-order valence-corrected chi connectivity index (χ2v) is 11.5. The molecule has 5 nitrogen and oxygen atoms in total. The average molecular weight is 738 g/mol. The molecule has 1 aliphatic heterocycles. The van der Waals surface area contributed by atoms with Gasteiger partial charge < -0.3 is 14.8 Å². The maximum Gasteiger partial charge on any atom is 0.336 e. The fourth-order valence-corrected chi connectivity index (χ4v) is 7.02. The van der Waals surface area contributed by atoms with Crippen LogP contribution in [0.5, 0.6) is 5.75 Å². The Morgan fingerprint density at radius 2 is 1.68 bits per heavy atom. The fourth-order valence-electron chi connectivity index (χ4n) is 4.76. The van der Waals surface area contributed by atoms with Crippen LogP contribution in [0.25, 0.3) is 5.70 Å². The third kappa shape index (κ3) is 4.93. The summed E-state index contributed by atoms with van der Waals surface area (Å²) >= 11 is 10.5. The van der Waals surface area contributed by atoms with Crippen LogP contribution in [0.15, 0.2) is 77.5 Å². The first kappa shape index (κ1) is 26.2. The number of fused-ring (bicyclic) bond motifs is 2. The molecule has 0 bridgehead atoms. The van der Waals surface area contributed by atoms with E-state index in [2.05, 4.69) is 50.5 Å². The summed E-state index contributed by atoms with van der Waals surface area (Å²) in [6, 6.07) is 19.1. The molecule has 8 heteroatoms. The minimum Gasteiger partial charge on any atom is -0.487 e. The molecule has 37 heavy (non-hydrogen) atoms. The molecule has 0 unspecified atom stereocenters. The minimum atomic E-state index is -0.567. The smallest absolute Gasteiger partial charge is 0.336 e. The molecule has 1 heterocycles. The van der Waals surface area contributed by atoms with E-state index < -0.39 is 11.9 Å². The van der Waals surface area contributed by atoms with Crippen molar-refractivity contribution in [1.29, 1.82) is 0 Å². The number of benzene rings is 3. The molecular formula is C29H22ClI2NO4. The Kier molecular flexibility index (Phi) is 7.65. The zero-order valence-electron chi connectivity index (χ0n) is 20.0. The lowest BCUT2D eigenvalue weighted by Crippen LogP contribution is -2.29. The number of ether oxygens (including phenoxy) is 2. The summed E-state index contributed by atoms with van der Waals surface area (Å²) in [6.07, 6.45) is 0. The van der Waals surface area contributed by atoms with Crippen LogP contribution in [0.3, 0.4) is 0 Å². The summed E-state index contributed by atoms with van der Waals surface area (Å²) in [7, 11) is 0. The number of Topliss-reactive ketones (excluding diaryl/α,β-unsaturated/α-hetero) is 1. The van der Waals surface area contributed by atoms with E-state index in [1.54, 1.807) is 6.92 Å². The summed E-state index contributed by atoms with van der Waals surface area (Å²) in [5.41, 5.74) is 5.77. The van der Waals surface area contributed by atoms with Gasteiger partial charge in [0.25, 0.3) is 0 Å². The molecule has 3 aromatic carbocycles. The zero-order valence-corrected chi connectivity index (χ0v) is 25.1. The van der Waals surface area contributed by atoms with Crippen molar-refractivity contribution in [2.24, 2.45) is 0 Å². The highest BCUT2D eigenvalue weighted by Gasteiger charge is 2.43. The van der Waals surface area contributed by atoms with Crippen LogP contribution in [0, 0.1) is 7.14 Å². The van der Waals surface area contributed by atoms with Crippen molar-refractivity contribution in [3.05, 3.63) is 112 Å². The Morgan fingerprint density at radius 1 is 1.03 bits per heavy atom. The first-order valence-electron chi connectivity index (χ1n) is 11.7. The summed E-state index contributed by atoms with van der Waals surface area (Å²) in [4.78, 5) is 26.8. The molecule has 0 saturated heterocycles. The van der Waals surface area contributed by atoms with Crippen LogP contribution in [-0.4, -0.2) is 18.4 Å². The van der Waals surface area contributed by atoms with Crippen molar-refractivity contribution in [3.8, 4) is 5.75 Å². The first-order valence-corrected chi connectivity index (χ1v) is 14.2. The predicted octanol–water partition coefficient (Wildman–Crippen LogP) is 7.26. The molecule has 3 aromatic rings. The van der Waals surface area contributed by atoms with Crippen LogP contribution >= 0.6 is 56.8 Å². The quantitative estimate of drug-likeness (QED) is 0.213. The van der Waals surface area contributed by atoms with Crippen LogP contribution in [0.4, 0.5) is 0 Å². The number of carbonyl (C=O) groups is 2. The van der Waals surface area contributed by atoms with E-state index >= 15 is 0 Å². The molecular weight excluding hydrogens is 716 g/mol. The van der Waals surface area contributed by atoms with Gasteiger partial charge in [0.15, 0.2) is 5.78 Å². The Balaban J connectivity index is 1.57. The van der Waals surface area contributed by atoms with Crippen molar-refractivity contribution in [2.45, 2.75) is 26.4 Å². The van der Waals surface area contributed by atoms with Crippen molar-refractivity contribution in [2.75, 3.05) is 6.61 Å². The molecule has 1 N–H and O–H groups in total. The van der Waals surface area contributed by atoms with Gasteiger partial charge in [-0.2, -0.15) is 0 Å². The van der Waals surface area contributed by atoms with E-state index in [9.17, 15) is 9.59 Å². The zero-order chi connectivity index (χ0) is 26.3. The summed E-state index contributed by atoms with van der Waals surface area (Å²) in [5.74, 6) is -0.323. The molecule has 0 saturated carbocycles. The van der Waals surface area contributed by atoms with E-state index in [4.69, 9.17) is 21.1 Å². The van der Waals surface area contributed by atoms with E-state index in [0.717, 1.165) is 35.3 Å². The number of nitrogens with one attached hydrogen (secondary N) is 1. The van der Waals surface area contributed by atoms with Gasteiger partial charge in [0.1, 0.15) is 12.4 Å². The van der Waals surface area contributed by atoms with Crippen molar-refractivity contribution < 1.29 is 19.1 Å². The lowest BCUT2D eigenvalue weighted by atomic mass is 9.80. The highest BCUT2D eigenvalue weighted by atomic mass is 127. The van der Waals surface area contributed by atoms with Crippen molar-refractivity contribution in [1.82, 2.24) is 5.32 Å². The lowest BCUT2D eigenvalue weighted by Gasteiger charge is -2.29. The van der Waals surface area contributed by atoms with Gasteiger partial charge in [0.05, 0.1) is 25.0 Å². The van der Waals surface area contributed by atoms with Gasteiger partial charge in [-0.05, 0) is 94.4 Å². The Hall–Kier alpha value is -2.37. The SMILES string of the molecule is CCOC(=O)C1=C(C)NC2=C(C(=O)c3ccccc32)[C@@H]1c1cc(I)c(OCc2ccc(Cl)cc2)c(I)c1. The highest BCUT2D eigenvalue weighted by molar-refractivity contribution is 14.1. The monoisotopic (exact) mass is 737 g/mol. The number of carbonyl (C=O) groups excluding carboxylic acids is 2. The second-order valence-electron chi connectivity index (χ2n) is 8.71. The van der Waals surface area contributed by atoms with E-state index in [1.165, 1.54) is 0 Å². The highest BCUT2D eigenvalue weighted by Crippen LogP contribution is 2.48. The summed E-state index contributed by atoms with van der Waals surface area (Å²) in [5, 5.41) is 4.01. The molecule has 1 atom stereocenters. The van der Waals surface area contributed by atoms with E-state index in [1.807, 2.05) is 67.6 Å². The second kappa shape index (κ2) is 10.8. The molecule has 0 aromatic heterocycles. The fraction of sp³-hybridized carbons (Fsp3) is 0.172. The number of rotatable bonds is 6. The molecule has 0 radical (unpaired) electrons. The predicted molar refractivity (Wildman–Crippen MR) is 161 cm³/mol. The number of allylic oxidation sites excluding steroid dienone is 2. The number of halogens is 3. The molecule has 5 rings (SSSR count). The normalized spacial score (nSPS) is 16.4. The average Bonchev–Trinajstić information content (AvgIpc) is 3.15. The third-order valence-corrected chi connectivity index (χ3v) is 8.25. The Bertz CT molecular complexity index is 1470. The number of hydrogen-bond donors (Lipinski definition) is 1. The van der Waals surface area contributed by atoms with Gasteiger partial charge in [-0.1, -0.05) is 48.0 Å². The Labute approximate surface area is 247 Å². The number of ketones is 1. The van der Waals surface area contributed by atoms with Gasteiger partial charge in [-0.25, -0.2) is 4.79 Å². The lowest BCUT2D eigenvalue weighted by molar-refractivity contribution is -0.138. The van der Waals surface area contributed by atoms with Gasteiger partial charge in [-0.3, -0.25) is 4.79 Å². The topological polar surface area (TPSA) is 64.6 Å². The Morgan fingerprint density at radius 3 is 2.32 bits per heavy atom. The summed E-state index contributed by atoms with van der Waals surface area (Å²) in [6.45, 7) is 4.27. The summed E-state index contributed by atoms with van der Waals surface area (Å²) < 4.78 is 13.4. The molecule has 2 aliphatic rings. The van der Waals surface area contributed by atoms with Crippen LogP contribution in [-0.2, 0) is 16.1 Å². The van der Waals surface area contributed by atoms with Crippen molar-refractivity contribution >= 4 is 74.2 Å². The standard InChI is InChI=1S/C29H22ClI2NO4/c1-3-36-29(35)23-15(2)33-26-19-6-4-5-7-20(19)27(34)25(26)24(23)17-12-21(31)28(22(32)13-17)37-14-16-8-10-18(30)11-9-16/h4-13,24,33H,3,14H2,1-2H3/t24-/m1/s1. The molecule has 0 amide bonds. The van der Waals surface area contributed by atoms with Gasteiger partial charge >= 0.3 is 5.97 Å². The van der Waals surface area contributed by atoms with Crippen LogP contribution in [0.2, 0.25) is 5.02 Å². The van der Waals surface area contributed by atoms with E-state index in [0.29, 0.717) is 34.0 Å². The maximum absolute atomic E-state index is 13.7. The number of dihydropyridines is 1. The van der Waals surface area contributed by atoms with E-state index in [-0.39, 0.29) is 12.4 Å². The van der Waals surface area contributed by atoms with Gasteiger partial charge in [0, 0.05) is 33.3 Å².